The van der Waals surface area contributed by atoms with Crippen molar-refractivity contribution in [3.05, 3.63) is 22.2 Å². The highest BCUT2D eigenvalue weighted by Gasteiger charge is 2.37. The summed E-state index contributed by atoms with van der Waals surface area (Å²) in [6, 6.07) is 3.23. The SMILES string of the molecule is CC(C)(C)[Si](C)(C)OCCC1Oc2c(Cl)cc(Cl)cc2NC1=O. The maximum Gasteiger partial charge on any atom is 0.265 e. The van der Waals surface area contributed by atoms with Crippen molar-refractivity contribution in [2.75, 3.05) is 11.9 Å². The average Bonchev–Trinajstić information content (AvgIpc) is 2.38. The van der Waals surface area contributed by atoms with Crippen LogP contribution in [-0.4, -0.2) is 26.9 Å². The number of carbonyl (C=O) groups excluding carboxylic acids is 1. The lowest BCUT2D eigenvalue weighted by Crippen LogP contribution is -2.43. The smallest absolute Gasteiger partial charge is 0.265 e. The molecule has 0 aliphatic carbocycles. The molecule has 4 nitrogen and oxygen atoms in total. The number of rotatable bonds is 4. The Morgan fingerprint density at radius 3 is 2.57 bits per heavy atom. The number of benzene rings is 1. The lowest BCUT2D eigenvalue weighted by Gasteiger charge is -2.36. The van der Waals surface area contributed by atoms with E-state index in [4.69, 9.17) is 32.4 Å². The molecule has 0 bridgehead atoms. The standard InChI is InChI=1S/C16H23Cl2NO3Si/c1-16(2,3)23(4,5)21-7-6-13-15(20)19-12-9-10(17)8-11(18)14(12)22-13/h8-9,13H,6-7H2,1-5H3,(H,19,20). The maximum atomic E-state index is 12.2. The van der Waals surface area contributed by atoms with E-state index in [0.29, 0.717) is 34.5 Å². The fourth-order valence-corrected chi connectivity index (χ4v) is 3.61. The molecule has 1 aliphatic rings. The Balaban J connectivity index is 2.01. The summed E-state index contributed by atoms with van der Waals surface area (Å²) < 4.78 is 11.9. The zero-order valence-electron chi connectivity index (χ0n) is 14.1. The van der Waals surface area contributed by atoms with Crippen molar-refractivity contribution in [1.82, 2.24) is 0 Å². The molecule has 1 aromatic carbocycles. The minimum Gasteiger partial charge on any atom is -0.477 e. The van der Waals surface area contributed by atoms with E-state index in [1.54, 1.807) is 12.1 Å². The molecule has 1 atom stereocenters. The highest BCUT2D eigenvalue weighted by atomic mass is 35.5. The van der Waals surface area contributed by atoms with Crippen LogP contribution in [0.2, 0.25) is 28.2 Å². The largest absolute Gasteiger partial charge is 0.477 e. The molecule has 1 unspecified atom stereocenters. The van der Waals surface area contributed by atoms with Gasteiger partial charge in [0.2, 0.25) is 0 Å². The molecule has 1 aromatic rings. The number of ether oxygens (including phenoxy) is 1. The van der Waals surface area contributed by atoms with Gasteiger partial charge in [0, 0.05) is 18.1 Å². The first-order chi connectivity index (χ1) is 10.5. The Kier molecular flexibility index (Phi) is 5.36. The molecule has 0 radical (unpaired) electrons. The summed E-state index contributed by atoms with van der Waals surface area (Å²) in [5.41, 5.74) is 0.508. The van der Waals surface area contributed by atoms with Gasteiger partial charge in [0.25, 0.3) is 5.91 Å². The van der Waals surface area contributed by atoms with Gasteiger partial charge >= 0.3 is 0 Å². The quantitative estimate of drug-likeness (QED) is 0.744. The van der Waals surface area contributed by atoms with Gasteiger partial charge in [-0.25, -0.2) is 0 Å². The van der Waals surface area contributed by atoms with Crippen molar-refractivity contribution in [1.29, 1.82) is 0 Å². The number of anilines is 1. The third kappa shape index (κ3) is 4.21. The first-order valence-electron chi connectivity index (χ1n) is 7.62. The van der Waals surface area contributed by atoms with Crippen LogP contribution in [0.15, 0.2) is 12.1 Å². The van der Waals surface area contributed by atoms with Gasteiger partial charge in [-0.3, -0.25) is 4.79 Å². The number of hydrogen-bond donors (Lipinski definition) is 1. The Morgan fingerprint density at radius 2 is 1.96 bits per heavy atom. The molecule has 1 N–H and O–H groups in total. The number of carbonyl (C=O) groups is 1. The molecule has 1 amide bonds. The fourth-order valence-electron chi connectivity index (χ4n) is 2.01. The number of halogens is 2. The molecule has 0 spiro atoms. The first-order valence-corrected chi connectivity index (χ1v) is 11.3. The minimum atomic E-state index is -1.83. The van der Waals surface area contributed by atoms with Crippen LogP contribution in [0.1, 0.15) is 27.2 Å². The monoisotopic (exact) mass is 375 g/mol. The molecule has 0 aromatic heterocycles. The first kappa shape index (κ1) is 18.6. The molecular weight excluding hydrogens is 353 g/mol. The predicted octanol–water partition coefficient (Wildman–Crippen LogP) is 5.10. The van der Waals surface area contributed by atoms with E-state index >= 15 is 0 Å². The van der Waals surface area contributed by atoms with E-state index in [2.05, 4.69) is 39.2 Å². The summed E-state index contributed by atoms with van der Waals surface area (Å²) in [7, 11) is -1.83. The van der Waals surface area contributed by atoms with Crippen molar-refractivity contribution in [2.24, 2.45) is 0 Å². The van der Waals surface area contributed by atoms with E-state index in [0.717, 1.165) is 0 Å². The van der Waals surface area contributed by atoms with Gasteiger partial charge in [0.05, 0.1) is 10.7 Å². The van der Waals surface area contributed by atoms with Gasteiger partial charge in [0.15, 0.2) is 20.2 Å². The second kappa shape index (κ2) is 6.63. The average molecular weight is 376 g/mol. The highest BCUT2D eigenvalue weighted by Crippen LogP contribution is 2.40. The number of nitrogens with one attached hydrogen (secondary N) is 1. The fraction of sp³-hybridized carbons (Fsp3) is 0.562. The summed E-state index contributed by atoms with van der Waals surface area (Å²) >= 11 is 12.1. The second-order valence-corrected chi connectivity index (χ2v) is 12.9. The van der Waals surface area contributed by atoms with Gasteiger partial charge in [0.1, 0.15) is 0 Å². The summed E-state index contributed by atoms with van der Waals surface area (Å²) in [6.07, 6.45) is -0.123. The van der Waals surface area contributed by atoms with Crippen molar-refractivity contribution in [3.63, 3.8) is 0 Å². The van der Waals surface area contributed by atoms with Crippen LogP contribution in [0.25, 0.3) is 0 Å². The summed E-state index contributed by atoms with van der Waals surface area (Å²) in [5, 5.41) is 3.77. The molecule has 2 rings (SSSR count). The van der Waals surface area contributed by atoms with Crippen LogP contribution in [0.3, 0.4) is 0 Å². The zero-order valence-corrected chi connectivity index (χ0v) is 16.6. The molecule has 23 heavy (non-hydrogen) atoms. The van der Waals surface area contributed by atoms with E-state index in [1.807, 2.05) is 0 Å². The molecule has 7 heteroatoms. The lowest BCUT2D eigenvalue weighted by molar-refractivity contribution is -0.124. The second-order valence-electron chi connectivity index (χ2n) is 7.26. The van der Waals surface area contributed by atoms with Crippen molar-refractivity contribution in [2.45, 2.75) is 51.4 Å². The Labute approximate surface area is 148 Å². The Hall–Kier alpha value is -0.753. The molecule has 128 valence electrons. The van der Waals surface area contributed by atoms with Gasteiger partial charge in [-0.1, -0.05) is 44.0 Å². The van der Waals surface area contributed by atoms with Gasteiger partial charge in [-0.15, -0.1) is 0 Å². The van der Waals surface area contributed by atoms with Gasteiger partial charge in [-0.05, 0) is 30.3 Å². The summed E-state index contributed by atoms with van der Waals surface area (Å²) in [4.78, 5) is 12.2. The van der Waals surface area contributed by atoms with Gasteiger partial charge < -0.3 is 14.5 Å². The maximum absolute atomic E-state index is 12.2. The highest BCUT2D eigenvalue weighted by molar-refractivity contribution is 6.74. The van der Waals surface area contributed by atoms with Crippen LogP contribution >= 0.6 is 23.2 Å². The molecule has 1 heterocycles. The Bertz CT molecular complexity index is 614. The number of amides is 1. The van der Waals surface area contributed by atoms with E-state index in [1.165, 1.54) is 0 Å². The zero-order chi connectivity index (χ0) is 17.4. The van der Waals surface area contributed by atoms with E-state index in [-0.39, 0.29) is 10.9 Å². The van der Waals surface area contributed by atoms with Crippen molar-refractivity contribution >= 4 is 43.1 Å². The van der Waals surface area contributed by atoms with Crippen LogP contribution in [0.4, 0.5) is 5.69 Å². The van der Waals surface area contributed by atoms with Crippen LogP contribution in [0, 0.1) is 0 Å². The van der Waals surface area contributed by atoms with E-state index < -0.39 is 14.4 Å². The van der Waals surface area contributed by atoms with Gasteiger partial charge in [-0.2, -0.15) is 0 Å². The lowest BCUT2D eigenvalue weighted by atomic mass is 10.2. The van der Waals surface area contributed by atoms with E-state index in [9.17, 15) is 4.79 Å². The molecule has 0 saturated heterocycles. The third-order valence-electron chi connectivity index (χ3n) is 4.47. The number of hydrogen-bond acceptors (Lipinski definition) is 3. The number of fused-ring (bicyclic) bond motifs is 1. The summed E-state index contributed by atoms with van der Waals surface area (Å²) in [5.74, 6) is 0.266. The molecule has 0 fully saturated rings. The molecular formula is C16H23Cl2NO3Si. The van der Waals surface area contributed by atoms with Crippen LogP contribution in [0.5, 0.6) is 5.75 Å². The Morgan fingerprint density at radius 1 is 1.30 bits per heavy atom. The van der Waals surface area contributed by atoms with Crippen molar-refractivity contribution < 1.29 is 14.0 Å². The van der Waals surface area contributed by atoms with Crippen LogP contribution in [-0.2, 0) is 9.22 Å². The molecule has 1 aliphatic heterocycles. The molecule has 0 saturated carbocycles. The topological polar surface area (TPSA) is 47.6 Å². The van der Waals surface area contributed by atoms with Crippen LogP contribution < -0.4 is 10.1 Å². The normalized spacial score (nSPS) is 18.2. The summed E-state index contributed by atoms with van der Waals surface area (Å²) in [6.45, 7) is 11.4. The van der Waals surface area contributed by atoms with Crippen molar-refractivity contribution in [3.8, 4) is 5.75 Å². The third-order valence-corrected chi connectivity index (χ3v) is 9.51. The minimum absolute atomic E-state index is 0.134. The predicted molar refractivity (Wildman–Crippen MR) is 97.3 cm³/mol.